The van der Waals surface area contributed by atoms with Gasteiger partial charge < -0.3 is 35.2 Å². The van der Waals surface area contributed by atoms with E-state index in [1.165, 1.54) is 12.1 Å². The van der Waals surface area contributed by atoms with Gasteiger partial charge in [0.15, 0.2) is 6.29 Å². The van der Waals surface area contributed by atoms with E-state index in [-0.39, 0.29) is 9.80 Å². The minimum atomic E-state index is -3.75. The Balaban J connectivity index is 1.61. The highest BCUT2D eigenvalue weighted by atomic mass is 32.2. The standard InChI is InChI=1S/C16H19NO9S/c18-6-10-13(19)14(20)12(15(21)26-10)17-16(22)25-7-9-5-8-3-1-2-4-11(8)27(9,23)24/h1-5,10,12-15,18-21H,6-7H2,(H,17,22)/t10-,12-,13-,14-,15-/m1/s1. The number of aliphatic hydroxyl groups is 4. The molecule has 0 aliphatic carbocycles. The van der Waals surface area contributed by atoms with E-state index >= 15 is 0 Å². The number of benzene rings is 1. The molecule has 148 valence electrons. The molecule has 11 heteroatoms. The second-order valence-electron chi connectivity index (χ2n) is 6.13. The molecule has 0 saturated carbocycles. The Labute approximate surface area is 154 Å². The zero-order chi connectivity index (χ0) is 19.8. The average molecular weight is 401 g/mol. The van der Waals surface area contributed by atoms with Crippen LogP contribution in [0.25, 0.3) is 6.08 Å². The number of carbonyl (C=O) groups is 1. The van der Waals surface area contributed by atoms with E-state index in [0.717, 1.165) is 0 Å². The van der Waals surface area contributed by atoms with Gasteiger partial charge in [0.1, 0.15) is 31.0 Å². The highest BCUT2D eigenvalue weighted by Gasteiger charge is 2.44. The van der Waals surface area contributed by atoms with Crippen molar-refractivity contribution < 1.29 is 43.1 Å². The first kappa shape index (κ1) is 19.7. The van der Waals surface area contributed by atoms with Crippen molar-refractivity contribution in [2.45, 2.75) is 35.5 Å². The maximum Gasteiger partial charge on any atom is 0.407 e. The lowest BCUT2D eigenvalue weighted by atomic mass is 9.97. The van der Waals surface area contributed by atoms with Crippen molar-refractivity contribution in [1.29, 1.82) is 0 Å². The molecule has 5 N–H and O–H groups in total. The van der Waals surface area contributed by atoms with Crippen LogP contribution < -0.4 is 5.32 Å². The van der Waals surface area contributed by atoms with Crippen LogP contribution in [-0.4, -0.2) is 78.8 Å². The van der Waals surface area contributed by atoms with Gasteiger partial charge in [-0.05, 0) is 17.7 Å². The zero-order valence-electron chi connectivity index (χ0n) is 13.9. The van der Waals surface area contributed by atoms with Gasteiger partial charge in [-0.1, -0.05) is 18.2 Å². The van der Waals surface area contributed by atoms with Crippen molar-refractivity contribution >= 4 is 22.0 Å². The second kappa shape index (κ2) is 7.54. The van der Waals surface area contributed by atoms with Gasteiger partial charge >= 0.3 is 6.09 Å². The molecule has 0 aromatic heterocycles. The molecule has 1 amide bonds. The second-order valence-corrected chi connectivity index (χ2v) is 8.10. The first-order valence-corrected chi connectivity index (χ1v) is 9.52. The zero-order valence-corrected chi connectivity index (χ0v) is 14.7. The van der Waals surface area contributed by atoms with Crippen LogP contribution in [0.2, 0.25) is 0 Å². The van der Waals surface area contributed by atoms with Gasteiger partial charge in [-0.15, -0.1) is 0 Å². The normalized spacial score (nSPS) is 31.7. The molecular formula is C16H19NO9S. The Morgan fingerprint density at radius 1 is 1.19 bits per heavy atom. The number of amides is 1. The van der Waals surface area contributed by atoms with Gasteiger partial charge in [0.2, 0.25) is 9.84 Å². The summed E-state index contributed by atoms with van der Waals surface area (Å²) in [6, 6.07) is 4.89. The van der Waals surface area contributed by atoms with Crippen LogP contribution in [-0.2, 0) is 19.3 Å². The predicted molar refractivity (Wildman–Crippen MR) is 89.9 cm³/mol. The number of aliphatic hydroxyl groups excluding tert-OH is 4. The van der Waals surface area contributed by atoms with Gasteiger partial charge in [0.25, 0.3) is 0 Å². The number of ether oxygens (including phenoxy) is 2. The Morgan fingerprint density at radius 3 is 2.56 bits per heavy atom. The van der Waals surface area contributed by atoms with Crippen molar-refractivity contribution in [3.8, 4) is 0 Å². The van der Waals surface area contributed by atoms with E-state index < -0.39 is 59.8 Å². The van der Waals surface area contributed by atoms with Gasteiger partial charge in [-0.3, -0.25) is 0 Å². The molecule has 2 heterocycles. The molecule has 0 bridgehead atoms. The van der Waals surface area contributed by atoms with Crippen molar-refractivity contribution in [2.24, 2.45) is 0 Å². The molecule has 0 spiro atoms. The Bertz CT molecular complexity index is 853. The monoisotopic (exact) mass is 401 g/mol. The first-order valence-electron chi connectivity index (χ1n) is 8.04. The third-order valence-electron chi connectivity index (χ3n) is 4.40. The van der Waals surface area contributed by atoms with Crippen molar-refractivity contribution in [3.63, 3.8) is 0 Å². The van der Waals surface area contributed by atoms with E-state index in [0.29, 0.717) is 5.56 Å². The number of hydrogen-bond acceptors (Lipinski definition) is 9. The molecule has 1 aromatic rings. The highest BCUT2D eigenvalue weighted by Crippen LogP contribution is 2.32. The Kier molecular flexibility index (Phi) is 5.51. The molecule has 2 aliphatic rings. The lowest BCUT2D eigenvalue weighted by Crippen LogP contribution is -2.64. The number of sulfone groups is 1. The molecule has 1 aromatic carbocycles. The Morgan fingerprint density at radius 2 is 1.89 bits per heavy atom. The summed E-state index contributed by atoms with van der Waals surface area (Å²) in [5, 5.41) is 40.7. The lowest BCUT2D eigenvalue weighted by molar-refractivity contribution is -0.253. The van der Waals surface area contributed by atoms with Crippen molar-refractivity contribution in [3.05, 3.63) is 34.7 Å². The number of hydrogen-bond donors (Lipinski definition) is 5. The molecule has 2 aliphatic heterocycles. The SMILES string of the molecule is O=C(N[C@@H]1[C@@H](O)[C@H](O)[C@@H](CO)O[C@H]1O)OCC1=Cc2ccccc2S1(=O)=O. The van der Waals surface area contributed by atoms with Crippen LogP contribution >= 0.6 is 0 Å². The van der Waals surface area contributed by atoms with E-state index in [4.69, 9.17) is 14.6 Å². The fourth-order valence-electron chi connectivity index (χ4n) is 2.92. The van der Waals surface area contributed by atoms with Crippen LogP contribution in [0.15, 0.2) is 34.1 Å². The molecule has 0 radical (unpaired) electrons. The first-order chi connectivity index (χ1) is 12.8. The number of carbonyl (C=O) groups excluding carboxylic acids is 1. The van der Waals surface area contributed by atoms with E-state index in [9.17, 15) is 28.5 Å². The fourth-order valence-corrected chi connectivity index (χ4v) is 4.40. The summed E-state index contributed by atoms with van der Waals surface area (Å²) >= 11 is 0. The minimum Gasteiger partial charge on any atom is -0.444 e. The molecule has 0 unspecified atom stereocenters. The molecule has 27 heavy (non-hydrogen) atoms. The average Bonchev–Trinajstić information content (AvgIpc) is 2.90. The molecule has 3 rings (SSSR count). The van der Waals surface area contributed by atoms with Gasteiger partial charge in [-0.2, -0.15) is 0 Å². The third kappa shape index (κ3) is 3.70. The molecule has 1 fully saturated rings. The summed E-state index contributed by atoms with van der Waals surface area (Å²) in [5.74, 6) is 0. The third-order valence-corrected chi connectivity index (χ3v) is 6.28. The van der Waals surface area contributed by atoms with Crippen LogP contribution in [0, 0.1) is 0 Å². The topological polar surface area (TPSA) is 163 Å². The molecule has 1 saturated heterocycles. The van der Waals surface area contributed by atoms with E-state index in [1.807, 2.05) is 0 Å². The molecular weight excluding hydrogens is 382 g/mol. The number of nitrogens with one attached hydrogen (secondary N) is 1. The van der Waals surface area contributed by atoms with Crippen LogP contribution in [0.3, 0.4) is 0 Å². The van der Waals surface area contributed by atoms with Gasteiger partial charge in [0, 0.05) is 0 Å². The number of fused-ring (bicyclic) bond motifs is 1. The van der Waals surface area contributed by atoms with Crippen molar-refractivity contribution in [1.82, 2.24) is 5.32 Å². The summed E-state index contributed by atoms with van der Waals surface area (Å²) in [6.07, 6.45) is -5.82. The smallest absolute Gasteiger partial charge is 0.407 e. The fraction of sp³-hybridized carbons (Fsp3) is 0.438. The summed E-state index contributed by atoms with van der Waals surface area (Å²) < 4.78 is 34.5. The maximum atomic E-state index is 12.4. The highest BCUT2D eigenvalue weighted by molar-refractivity contribution is 7.95. The number of rotatable bonds is 4. The van der Waals surface area contributed by atoms with Crippen LogP contribution in [0.5, 0.6) is 0 Å². The Hall–Kier alpha value is -2.02. The lowest BCUT2D eigenvalue weighted by Gasteiger charge is -2.39. The van der Waals surface area contributed by atoms with Crippen LogP contribution in [0.1, 0.15) is 5.56 Å². The summed E-state index contributed by atoms with van der Waals surface area (Å²) in [4.78, 5) is 11.9. The van der Waals surface area contributed by atoms with E-state index in [1.54, 1.807) is 18.2 Å². The van der Waals surface area contributed by atoms with Gasteiger partial charge in [-0.25, -0.2) is 13.2 Å². The predicted octanol–water partition coefficient (Wildman–Crippen LogP) is -1.66. The van der Waals surface area contributed by atoms with Crippen molar-refractivity contribution in [2.75, 3.05) is 13.2 Å². The summed E-state index contributed by atoms with van der Waals surface area (Å²) in [6.45, 7) is -1.19. The maximum absolute atomic E-state index is 12.4. The quantitative estimate of drug-likeness (QED) is 0.397. The summed E-state index contributed by atoms with van der Waals surface area (Å²) in [7, 11) is -3.75. The number of alkyl carbamates (subject to hydrolysis) is 1. The summed E-state index contributed by atoms with van der Waals surface area (Å²) in [5.41, 5.74) is 0.487. The molecule has 10 nitrogen and oxygen atoms in total. The minimum absolute atomic E-state index is 0.111. The van der Waals surface area contributed by atoms with Gasteiger partial charge in [0.05, 0.1) is 16.4 Å². The molecule has 5 atom stereocenters. The van der Waals surface area contributed by atoms with E-state index in [2.05, 4.69) is 5.32 Å². The largest absolute Gasteiger partial charge is 0.444 e. The van der Waals surface area contributed by atoms with Crippen LogP contribution in [0.4, 0.5) is 4.79 Å².